The third-order valence-electron chi connectivity index (χ3n) is 0.686. The van der Waals surface area contributed by atoms with Gasteiger partial charge in [0.2, 0.25) is 0 Å². The van der Waals surface area contributed by atoms with Crippen LogP contribution in [0.5, 0.6) is 0 Å². The van der Waals surface area contributed by atoms with E-state index in [1.54, 1.807) is 6.92 Å². The molecule has 0 saturated carbocycles. The van der Waals surface area contributed by atoms with Crippen LogP contribution < -0.4 is 0 Å². The molecule has 0 heterocycles. The Kier molecular flexibility index (Phi) is 4.26. The quantitative estimate of drug-likeness (QED) is 0.382. The Bertz CT molecular complexity index is 137. The van der Waals surface area contributed by atoms with Crippen molar-refractivity contribution in [3.05, 3.63) is 0 Å². The number of rotatable bonds is 4. The summed E-state index contributed by atoms with van der Waals surface area (Å²) in [5.41, 5.74) is 0. The highest BCUT2D eigenvalue weighted by Crippen LogP contribution is 1.95. The second-order valence-corrected chi connectivity index (χ2v) is 3.53. The number of hydrogen-bond acceptors (Lipinski definition) is 4. The van der Waals surface area contributed by atoms with Crippen LogP contribution in [0.15, 0.2) is 0 Å². The molecule has 0 aromatic rings. The molecular formula is C4H10O3S2. The molecule has 0 spiro atoms. The first-order valence-electron chi connectivity index (χ1n) is 2.60. The standard InChI is InChI=1S/C4H10O3S2/c1-2-3-9(5,6)7-4-8/h8H,2-4H2,1H3. The van der Waals surface area contributed by atoms with Crippen LogP contribution >= 0.6 is 12.6 Å². The van der Waals surface area contributed by atoms with Gasteiger partial charge < -0.3 is 0 Å². The van der Waals surface area contributed by atoms with Gasteiger partial charge in [-0.3, -0.25) is 4.18 Å². The molecule has 0 bridgehead atoms. The van der Waals surface area contributed by atoms with E-state index in [4.69, 9.17) is 0 Å². The lowest BCUT2D eigenvalue weighted by Gasteiger charge is -1.98. The molecule has 9 heavy (non-hydrogen) atoms. The zero-order valence-corrected chi connectivity index (χ0v) is 6.91. The Labute approximate surface area is 60.9 Å². The Morgan fingerprint density at radius 2 is 2.11 bits per heavy atom. The highest BCUT2D eigenvalue weighted by atomic mass is 32.2. The second-order valence-electron chi connectivity index (χ2n) is 1.51. The van der Waals surface area contributed by atoms with Crippen molar-refractivity contribution in [1.29, 1.82) is 0 Å². The van der Waals surface area contributed by atoms with Gasteiger partial charge in [0.1, 0.15) is 5.94 Å². The molecule has 56 valence electrons. The summed E-state index contributed by atoms with van der Waals surface area (Å²) >= 11 is 3.61. The summed E-state index contributed by atoms with van der Waals surface area (Å²) in [6.07, 6.45) is 0.579. The molecule has 0 aliphatic rings. The molecule has 0 aromatic carbocycles. The average molecular weight is 170 g/mol. The smallest absolute Gasteiger partial charge is 0.259 e. The van der Waals surface area contributed by atoms with Crippen molar-refractivity contribution in [2.75, 3.05) is 11.7 Å². The van der Waals surface area contributed by atoms with Crippen molar-refractivity contribution in [2.24, 2.45) is 0 Å². The summed E-state index contributed by atoms with van der Waals surface area (Å²) in [6.45, 7) is 1.78. The highest BCUT2D eigenvalue weighted by molar-refractivity contribution is 7.87. The van der Waals surface area contributed by atoms with Gasteiger partial charge in [0.15, 0.2) is 0 Å². The molecule has 0 amide bonds. The fourth-order valence-corrected chi connectivity index (χ4v) is 1.65. The summed E-state index contributed by atoms with van der Waals surface area (Å²) in [4.78, 5) is 0. The SMILES string of the molecule is CCCS(=O)(=O)OCS. The topological polar surface area (TPSA) is 43.4 Å². The molecule has 3 nitrogen and oxygen atoms in total. The predicted octanol–water partition coefficient (Wildman–Crippen LogP) is 0.630. The maximum atomic E-state index is 10.6. The first-order valence-corrected chi connectivity index (χ1v) is 4.81. The number of hydrogen-bond donors (Lipinski definition) is 1. The van der Waals surface area contributed by atoms with E-state index in [2.05, 4.69) is 16.8 Å². The summed E-state index contributed by atoms with van der Waals surface area (Å²) in [5, 5.41) is 0. The minimum Gasteiger partial charge on any atom is -0.259 e. The Morgan fingerprint density at radius 1 is 1.56 bits per heavy atom. The van der Waals surface area contributed by atoms with Crippen LogP contribution in [0, 0.1) is 0 Å². The van der Waals surface area contributed by atoms with Crippen LogP contribution in [0.1, 0.15) is 13.3 Å². The van der Waals surface area contributed by atoms with Crippen molar-refractivity contribution in [3.8, 4) is 0 Å². The van der Waals surface area contributed by atoms with Crippen molar-refractivity contribution < 1.29 is 12.6 Å². The van der Waals surface area contributed by atoms with E-state index in [1.807, 2.05) is 0 Å². The first-order chi connectivity index (χ1) is 4.12. The molecule has 0 rings (SSSR count). The molecular weight excluding hydrogens is 160 g/mol. The molecule has 0 N–H and O–H groups in total. The fraction of sp³-hybridized carbons (Fsp3) is 1.00. The highest BCUT2D eigenvalue weighted by Gasteiger charge is 2.06. The van der Waals surface area contributed by atoms with Gasteiger partial charge in [-0.1, -0.05) is 6.92 Å². The Hall–Kier alpha value is 0.260. The molecule has 0 aliphatic heterocycles. The minimum absolute atomic E-state index is 0.0671. The van der Waals surface area contributed by atoms with Crippen LogP contribution in [0.2, 0.25) is 0 Å². The lowest BCUT2D eigenvalue weighted by Crippen LogP contribution is -2.08. The normalized spacial score (nSPS) is 11.8. The molecule has 0 atom stereocenters. The third kappa shape index (κ3) is 4.74. The molecule has 0 radical (unpaired) electrons. The first kappa shape index (κ1) is 9.26. The zero-order chi connectivity index (χ0) is 7.33. The van der Waals surface area contributed by atoms with E-state index >= 15 is 0 Å². The lowest BCUT2D eigenvalue weighted by atomic mass is 10.6. The molecule has 0 saturated heterocycles. The third-order valence-corrected chi connectivity index (χ3v) is 2.38. The van der Waals surface area contributed by atoms with E-state index in [-0.39, 0.29) is 11.7 Å². The predicted molar refractivity (Wildman–Crippen MR) is 39.0 cm³/mol. The van der Waals surface area contributed by atoms with Crippen molar-refractivity contribution in [1.82, 2.24) is 0 Å². The largest absolute Gasteiger partial charge is 0.268 e. The summed E-state index contributed by atoms with van der Waals surface area (Å²) in [7, 11) is -3.26. The van der Waals surface area contributed by atoms with E-state index in [0.29, 0.717) is 6.42 Å². The lowest BCUT2D eigenvalue weighted by molar-refractivity contribution is 0.382. The summed E-state index contributed by atoms with van der Waals surface area (Å²) in [5.74, 6) is 0.00981. The Balaban J connectivity index is 3.73. The average Bonchev–Trinajstić information content (AvgIpc) is 1.64. The van der Waals surface area contributed by atoms with Gasteiger partial charge in [-0.25, -0.2) is 0 Å². The van der Waals surface area contributed by atoms with E-state index in [9.17, 15) is 8.42 Å². The van der Waals surface area contributed by atoms with Gasteiger partial charge in [-0.05, 0) is 6.42 Å². The van der Waals surface area contributed by atoms with Crippen LogP contribution in [0.4, 0.5) is 0 Å². The van der Waals surface area contributed by atoms with Crippen LogP contribution in [-0.2, 0) is 14.3 Å². The molecule has 0 aromatic heterocycles. The summed E-state index contributed by atoms with van der Waals surface area (Å²) in [6, 6.07) is 0. The molecule has 0 fully saturated rings. The van der Waals surface area contributed by atoms with Crippen molar-refractivity contribution in [2.45, 2.75) is 13.3 Å². The van der Waals surface area contributed by atoms with Gasteiger partial charge >= 0.3 is 0 Å². The fourth-order valence-electron chi connectivity index (χ4n) is 0.389. The van der Waals surface area contributed by atoms with E-state index in [1.165, 1.54) is 0 Å². The molecule has 5 heteroatoms. The van der Waals surface area contributed by atoms with Crippen LogP contribution in [-0.4, -0.2) is 20.1 Å². The van der Waals surface area contributed by atoms with Gasteiger partial charge in [-0.15, -0.1) is 12.6 Å². The Morgan fingerprint density at radius 3 is 2.44 bits per heavy atom. The van der Waals surface area contributed by atoms with Crippen LogP contribution in [0.3, 0.4) is 0 Å². The second kappa shape index (κ2) is 4.14. The number of thiol groups is 1. The van der Waals surface area contributed by atoms with Gasteiger partial charge in [0.25, 0.3) is 10.1 Å². The maximum absolute atomic E-state index is 10.6. The van der Waals surface area contributed by atoms with Crippen molar-refractivity contribution in [3.63, 3.8) is 0 Å². The van der Waals surface area contributed by atoms with E-state index in [0.717, 1.165) is 0 Å². The minimum atomic E-state index is -3.26. The summed E-state index contributed by atoms with van der Waals surface area (Å²) < 4.78 is 25.4. The zero-order valence-electron chi connectivity index (χ0n) is 5.20. The van der Waals surface area contributed by atoms with Gasteiger partial charge in [-0.2, -0.15) is 8.42 Å². The van der Waals surface area contributed by atoms with Gasteiger partial charge in [0, 0.05) is 0 Å². The van der Waals surface area contributed by atoms with Crippen LogP contribution in [0.25, 0.3) is 0 Å². The monoisotopic (exact) mass is 170 g/mol. The van der Waals surface area contributed by atoms with E-state index < -0.39 is 10.1 Å². The van der Waals surface area contributed by atoms with Gasteiger partial charge in [0.05, 0.1) is 5.75 Å². The van der Waals surface area contributed by atoms with Crippen molar-refractivity contribution >= 4 is 22.7 Å². The maximum Gasteiger partial charge on any atom is 0.268 e. The molecule has 0 unspecified atom stereocenters. The molecule has 0 aliphatic carbocycles.